The normalized spacial score (nSPS) is 27.6. The number of nitrogens with one attached hydrogen (secondary N) is 2. The number of aromatic nitrogens is 2. The van der Waals surface area contributed by atoms with E-state index in [-0.39, 0.29) is 36.8 Å². The average Bonchev–Trinajstić information content (AvgIpc) is 3.29. The molecule has 1 aromatic heterocycles. The number of nitrogens with zero attached hydrogens (tertiary/aromatic N) is 3. The van der Waals surface area contributed by atoms with Gasteiger partial charge in [0, 0.05) is 25.3 Å². The minimum atomic E-state index is -0.124. The van der Waals surface area contributed by atoms with Crippen LogP contribution < -0.4 is 10.6 Å². The monoisotopic (exact) mass is 397 g/mol. The number of ether oxygens (including phenoxy) is 1. The van der Waals surface area contributed by atoms with Crippen LogP contribution in [-0.2, 0) is 20.9 Å². The number of hydrogen-bond acceptors (Lipinski definition) is 5. The lowest BCUT2D eigenvalue weighted by molar-refractivity contribution is -0.136. The first-order valence-electron chi connectivity index (χ1n) is 9.64. The molecule has 3 unspecified atom stereocenters. The Morgan fingerprint density at radius 3 is 2.81 bits per heavy atom. The van der Waals surface area contributed by atoms with E-state index in [1.807, 2.05) is 0 Å². The van der Waals surface area contributed by atoms with Crippen molar-refractivity contribution in [2.75, 3.05) is 31.6 Å². The highest BCUT2D eigenvalue weighted by Gasteiger charge is 2.38. The van der Waals surface area contributed by atoms with Gasteiger partial charge in [0.05, 0.1) is 31.1 Å². The summed E-state index contributed by atoms with van der Waals surface area (Å²) in [6.07, 6.45) is 9.18. The molecule has 3 aliphatic rings. The first kappa shape index (κ1) is 20.1. The van der Waals surface area contributed by atoms with Crippen LogP contribution in [0.15, 0.2) is 12.4 Å². The van der Waals surface area contributed by atoms with E-state index in [0.29, 0.717) is 44.0 Å². The van der Waals surface area contributed by atoms with E-state index in [0.717, 1.165) is 6.42 Å². The summed E-state index contributed by atoms with van der Waals surface area (Å²) in [5, 5.41) is 10.6. The van der Waals surface area contributed by atoms with E-state index < -0.39 is 0 Å². The summed E-state index contributed by atoms with van der Waals surface area (Å²) in [5.74, 6) is 0.655. The van der Waals surface area contributed by atoms with Crippen molar-refractivity contribution in [3.63, 3.8) is 0 Å². The van der Waals surface area contributed by atoms with Crippen molar-refractivity contribution in [2.45, 2.75) is 50.7 Å². The SMILES string of the molecule is Cl.O=C(Nc1cnn(CC(=O)N2CCOCC2)c1)C1CC2CCCCC2N1. The number of fused-ring (bicyclic) bond motifs is 1. The quantitative estimate of drug-likeness (QED) is 0.792. The highest BCUT2D eigenvalue weighted by molar-refractivity contribution is 5.95. The third kappa shape index (κ3) is 4.80. The minimum absolute atomic E-state index is 0. The lowest BCUT2D eigenvalue weighted by Crippen LogP contribution is -2.42. The fraction of sp³-hybridized carbons (Fsp3) is 0.722. The van der Waals surface area contributed by atoms with Crippen molar-refractivity contribution < 1.29 is 14.3 Å². The smallest absolute Gasteiger partial charge is 0.244 e. The number of anilines is 1. The van der Waals surface area contributed by atoms with Crippen molar-refractivity contribution >= 4 is 29.9 Å². The molecule has 4 rings (SSSR count). The topological polar surface area (TPSA) is 88.5 Å². The van der Waals surface area contributed by atoms with Gasteiger partial charge in [-0.25, -0.2) is 0 Å². The van der Waals surface area contributed by atoms with Crippen molar-refractivity contribution in [3.05, 3.63) is 12.4 Å². The van der Waals surface area contributed by atoms with Crippen molar-refractivity contribution in [1.82, 2.24) is 20.0 Å². The second kappa shape index (κ2) is 9.03. The van der Waals surface area contributed by atoms with Crippen LogP contribution in [0.4, 0.5) is 5.69 Å². The molecule has 2 saturated heterocycles. The number of carbonyl (C=O) groups is 2. The molecule has 27 heavy (non-hydrogen) atoms. The van der Waals surface area contributed by atoms with Gasteiger partial charge in [-0.05, 0) is 25.2 Å². The van der Waals surface area contributed by atoms with E-state index in [1.54, 1.807) is 22.0 Å². The van der Waals surface area contributed by atoms with E-state index in [2.05, 4.69) is 15.7 Å². The summed E-state index contributed by atoms with van der Waals surface area (Å²) in [6, 6.07) is 0.370. The Kier molecular flexibility index (Phi) is 6.73. The predicted octanol–water partition coefficient (Wildman–Crippen LogP) is 1.02. The molecule has 3 heterocycles. The lowest BCUT2D eigenvalue weighted by Gasteiger charge is -2.26. The summed E-state index contributed by atoms with van der Waals surface area (Å²) in [5.41, 5.74) is 0.640. The molecule has 1 aliphatic carbocycles. The Bertz CT molecular complexity index is 647. The largest absolute Gasteiger partial charge is 0.378 e. The zero-order chi connectivity index (χ0) is 17.9. The number of rotatable bonds is 4. The van der Waals surface area contributed by atoms with Crippen molar-refractivity contribution in [2.24, 2.45) is 5.92 Å². The fourth-order valence-corrected chi connectivity index (χ4v) is 4.32. The number of halogens is 1. The molecule has 2 amide bonds. The summed E-state index contributed by atoms with van der Waals surface area (Å²) in [6.45, 7) is 2.60. The summed E-state index contributed by atoms with van der Waals surface area (Å²) < 4.78 is 6.84. The molecule has 0 bridgehead atoms. The number of amides is 2. The van der Waals surface area contributed by atoms with Gasteiger partial charge in [-0.2, -0.15) is 5.10 Å². The van der Waals surface area contributed by atoms with Gasteiger partial charge in [0.1, 0.15) is 6.54 Å². The van der Waals surface area contributed by atoms with Crippen LogP contribution in [0.1, 0.15) is 32.1 Å². The van der Waals surface area contributed by atoms with Crippen molar-refractivity contribution in [3.8, 4) is 0 Å². The Morgan fingerprint density at radius 1 is 1.26 bits per heavy atom. The number of carbonyl (C=O) groups excluding carboxylic acids is 2. The molecule has 1 saturated carbocycles. The van der Waals surface area contributed by atoms with Crippen LogP contribution in [0, 0.1) is 5.92 Å². The molecule has 150 valence electrons. The van der Waals surface area contributed by atoms with E-state index in [4.69, 9.17) is 4.74 Å². The maximum absolute atomic E-state index is 12.5. The standard InChI is InChI=1S/C18H27N5O3.ClH/c24-17(22-5-7-26-8-6-22)12-23-11-14(10-19-23)20-18(25)16-9-13-3-1-2-4-15(13)21-16;/h10-11,13,15-16,21H,1-9,12H2,(H,20,25);1H. The third-order valence-corrected chi connectivity index (χ3v) is 5.74. The third-order valence-electron chi connectivity index (χ3n) is 5.74. The number of hydrogen-bond donors (Lipinski definition) is 2. The maximum atomic E-state index is 12.5. The average molecular weight is 398 g/mol. The van der Waals surface area contributed by atoms with Gasteiger partial charge in [-0.15, -0.1) is 12.4 Å². The van der Waals surface area contributed by atoms with Crippen LogP contribution in [0.25, 0.3) is 0 Å². The molecule has 1 aromatic rings. The molecule has 0 radical (unpaired) electrons. The molecule has 3 fully saturated rings. The van der Waals surface area contributed by atoms with Crippen LogP contribution in [0.2, 0.25) is 0 Å². The molecular weight excluding hydrogens is 370 g/mol. The molecule has 0 spiro atoms. The molecule has 2 N–H and O–H groups in total. The fourth-order valence-electron chi connectivity index (χ4n) is 4.32. The maximum Gasteiger partial charge on any atom is 0.244 e. The molecule has 3 atom stereocenters. The molecule has 8 nitrogen and oxygen atoms in total. The lowest BCUT2D eigenvalue weighted by atomic mass is 9.85. The number of morpholine rings is 1. The summed E-state index contributed by atoms with van der Waals surface area (Å²) in [7, 11) is 0. The summed E-state index contributed by atoms with van der Waals surface area (Å²) >= 11 is 0. The van der Waals surface area contributed by atoms with E-state index in [1.165, 1.54) is 25.7 Å². The predicted molar refractivity (Wildman–Crippen MR) is 103 cm³/mol. The highest BCUT2D eigenvalue weighted by atomic mass is 35.5. The second-order valence-electron chi connectivity index (χ2n) is 7.51. The van der Waals surface area contributed by atoms with E-state index in [9.17, 15) is 9.59 Å². The highest BCUT2D eigenvalue weighted by Crippen LogP contribution is 2.33. The summed E-state index contributed by atoms with van der Waals surface area (Å²) in [4.78, 5) is 26.6. The first-order valence-corrected chi connectivity index (χ1v) is 9.64. The van der Waals surface area contributed by atoms with Gasteiger partial charge in [-0.3, -0.25) is 14.3 Å². The Hall–Kier alpha value is -1.64. The van der Waals surface area contributed by atoms with Gasteiger partial charge in [-0.1, -0.05) is 12.8 Å². The van der Waals surface area contributed by atoms with Gasteiger partial charge < -0.3 is 20.3 Å². The van der Waals surface area contributed by atoms with Gasteiger partial charge >= 0.3 is 0 Å². The Balaban J connectivity index is 0.00000210. The van der Waals surface area contributed by atoms with Crippen LogP contribution >= 0.6 is 12.4 Å². The first-order chi connectivity index (χ1) is 12.7. The van der Waals surface area contributed by atoms with Gasteiger partial charge in [0.15, 0.2) is 0 Å². The Morgan fingerprint density at radius 2 is 2.04 bits per heavy atom. The van der Waals surface area contributed by atoms with Crippen LogP contribution in [0.5, 0.6) is 0 Å². The zero-order valence-corrected chi connectivity index (χ0v) is 16.2. The van der Waals surface area contributed by atoms with Crippen molar-refractivity contribution in [1.29, 1.82) is 0 Å². The minimum Gasteiger partial charge on any atom is -0.378 e. The molecule has 9 heteroatoms. The molecule has 2 aliphatic heterocycles. The Labute approximate surface area is 165 Å². The van der Waals surface area contributed by atoms with Gasteiger partial charge in [0.2, 0.25) is 11.8 Å². The van der Waals surface area contributed by atoms with E-state index >= 15 is 0 Å². The molecule has 0 aromatic carbocycles. The van der Waals surface area contributed by atoms with Crippen LogP contribution in [0.3, 0.4) is 0 Å². The van der Waals surface area contributed by atoms with Gasteiger partial charge in [0.25, 0.3) is 0 Å². The molecular formula is C18H28ClN5O3. The second-order valence-corrected chi connectivity index (χ2v) is 7.51. The zero-order valence-electron chi connectivity index (χ0n) is 15.4. The van der Waals surface area contributed by atoms with Crippen LogP contribution in [-0.4, -0.2) is 64.9 Å².